The van der Waals surface area contributed by atoms with E-state index in [9.17, 15) is 18.0 Å². The molecule has 0 atom stereocenters. The molecule has 6 heteroatoms. The van der Waals surface area contributed by atoms with Crippen LogP contribution in [0.1, 0.15) is 59.6 Å². The van der Waals surface area contributed by atoms with Crippen LogP contribution in [0.25, 0.3) is 0 Å². The van der Waals surface area contributed by atoms with Crippen molar-refractivity contribution < 1.29 is 18.0 Å². The lowest BCUT2D eigenvalue weighted by Gasteiger charge is -2.11. The summed E-state index contributed by atoms with van der Waals surface area (Å²) in [5, 5.41) is -0.934. The van der Waals surface area contributed by atoms with E-state index in [0.29, 0.717) is 23.7 Å². The zero-order chi connectivity index (χ0) is 13.9. The predicted molar refractivity (Wildman–Crippen MR) is 67.3 cm³/mol. The van der Waals surface area contributed by atoms with Gasteiger partial charge in [-0.15, -0.1) is 11.3 Å². The fourth-order valence-electron chi connectivity index (χ4n) is 2.46. The number of ketones is 1. The first kappa shape index (κ1) is 14.5. The molecule has 1 aromatic heterocycles. The van der Waals surface area contributed by atoms with Gasteiger partial charge in [-0.2, -0.15) is 13.2 Å². The van der Waals surface area contributed by atoms with Crippen LogP contribution in [-0.2, 0) is 6.18 Å². The van der Waals surface area contributed by atoms with Crippen LogP contribution in [0.5, 0.6) is 0 Å². The molecular weight excluding hydrogens is 275 g/mol. The van der Waals surface area contributed by atoms with Crippen molar-refractivity contribution in [3.8, 4) is 0 Å². The number of alkyl halides is 3. The summed E-state index contributed by atoms with van der Waals surface area (Å²) in [5.41, 5.74) is 0. The Morgan fingerprint density at radius 3 is 2.42 bits per heavy atom. The van der Waals surface area contributed by atoms with E-state index >= 15 is 0 Å². The molecule has 1 heterocycles. The van der Waals surface area contributed by atoms with Crippen molar-refractivity contribution in [3.63, 3.8) is 0 Å². The third-order valence-electron chi connectivity index (χ3n) is 3.47. The number of aromatic nitrogens is 1. The number of rotatable bonds is 3. The molecule has 1 aromatic rings. The van der Waals surface area contributed by atoms with Crippen LogP contribution in [0.15, 0.2) is 6.20 Å². The van der Waals surface area contributed by atoms with Crippen LogP contribution < -0.4 is 0 Å². The smallest absolute Gasteiger partial charge is 0.293 e. The van der Waals surface area contributed by atoms with Gasteiger partial charge in [0.25, 0.3) is 0 Å². The minimum atomic E-state index is -4.45. The molecule has 0 bridgehead atoms. The van der Waals surface area contributed by atoms with Gasteiger partial charge in [0.15, 0.2) is 10.8 Å². The summed E-state index contributed by atoms with van der Waals surface area (Å²) in [5.74, 6) is 0.131. The monoisotopic (exact) mass is 291 g/mol. The molecule has 0 amide bonds. The quantitative estimate of drug-likeness (QED) is 0.596. The Balaban J connectivity index is 1.97. The van der Waals surface area contributed by atoms with E-state index in [4.69, 9.17) is 0 Å². The Hall–Kier alpha value is -0.910. The van der Waals surface area contributed by atoms with Gasteiger partial charge < -0.3 is 0 Å². The van der Waals surface area contributed by atoms with E-state index in [2.05, 4.69) is 4.98 Å². The lowest BCUT2D eigenvalue weighted by Crippen LogP contribution is -2.07. The highest BCUT2D eigenvalue weighted by atomic mass is 32.1. The van der Waals surface area contributed by atoms with E-state index < -0.39 is 11.2 Å². The van der Waals surface area contributed by atoms with Gasteiger partial charge in [-0.25, -0.2) is 4.98 Å². The van der Waals surface area contributed by atoms with Crippen LogP contribution in [0.2, 0.25) is 0 Å². The minimum absolute atomic E-state index is 0.136. The number of halogens is 3. The van der Waals surface area contributed by atoms with Crippen LogP contribution in [0, 0.1) is 5.92 Å². The second kappa shape index (κ2) is 6.03. The van der Waals surface area contributed by atoms with Crippen molar-refractivity contribution >= 4 is 17.1 Å². The second-order valence-electron chi connectivity index (χ2n) is 5.01. The van der Waals surface area contributed by atoms with Gasteiger partial charge in [0, 0.05) is 12.6 Å². The molecule has 2 rings (SSSR count). The highest BCUT2D eigenvalue weighted by molar-refractivity contribution is 7.13. The van der Waals surface area contributed by atoms with E-state index in [1.54, 1.807) is 0 Å². The maximum atomic E-state index is 12.4. The molecule has 0 N–H and O–H groups in total. The van der Waals surface area contributed by atoms with Gasteiger partial charge >= 0.3 is 6.18 Å². The molecule has 0 aliphatic heterocycles. The molecule has 106 valence electrons. The number of carbonyl (C=O) groups is 1. The number of thiazole rings is 1. The average molecular weight is 291 g/mol. The molecule has 0 aromatic carbocycles. The molecule has 1 fully saturated rings. The van der Waals surface area contributed by atoms with Crippen molar-refractivity contribution in [1.29, 1.82) is 0 Å². The third kappa shape index (κ3) is 4.03. The largest absolute Gasteiger partial charge is 0.443 e. The maximum absolute atomic E-state index is 12.4. The minimum Gasteiger partial charge on any atom is -0.293 e. The predicted octanol–water partition coefficient (Wildman–Crippen LogP) is 4.71. The topological polar surface area (TPSA) is 30.0 Å². The Labute approximate surface area is 114 Å². The summed E-state index contributed by atoms with van der Waals surface area (Å²) in [6, 6.07) is 0. The molecular formula is C13H16F3NOS. The lowest BCUT2D eigenvalue weighted by atomic mass is 9.94. The first-order chi connectivity index (χ1) is 8.97. The van der Waals surface area contributed by atoms with E-state index in [1.165, 1.54) is 12.8 Å². The van der Waals surface area contributed by atoms with Gasteiger partial charge in [-0.1, -0.05) is 38.5 Å². The highest BCUT2D eigenvalue weighted by Crippen LogP contribution is 2.34. The van der Waals surface area contributed by atoms with Gasteiger partial charge in [0.1, 0.15) is 0 Å². The normalized spacial score (nSPS) is 18.3. The van der Waals surface area contributed by atoms with Crippen LogP contribution >= 0.6 is 11.3 Å². The van der Waals surface area contributed by atoms with Gasteiger partial charge in [-0.05, 0) is 5.92 Å². The SMILES string of the molecule is O=C(CC1CCCCCC1)c1cnc(C(F)(F)F)s1. The third-order valence-corrected chi connectivity index (χ3v) is 4.56. The molecule has 0 radical (unpaired) electrons. The molecule has 2 nitrogen and oxygen atoms in total. The molecule has 0 saturated heterocycles. The zero-order valence-electron chi connectivity index (χ0n) is 10.5. The summed E-state index contributed by atoms with van der Waals surface area (Å²) in [7, 11) is 0. The molecule has 0 spiro atoms. The van der Waals surface area contributed by atoms with Gasteiger partial charge in [0.2, 0.25) is 0 Å². The van der Waals surface area contributed by atoms with E-state index in [-0.39, 0.29) is 10.7 Å². The fourth-order valence-corrected chi connectivity index (χ4v) is 3.20. The van der Waals surface area contributed by atoms with Crippen molar-refractivity contribution in [2.24, 2.45) is 5.92 Å². The summed E-state index contributed by atoms with van der Waals surface area (Å²) < 4.78 is 37.2. The number of carbonyl (C=O) groups excluding carboxylic acids is 1. The lowest BCUT2D eigenvalue weighted by molar-refractivity contribution is -0.137. The van der Waals surface area contributed by atoms with Crippen molar-refractivity contribution in [1.82, 2.24) is 4.98 Å². The van der Waals surface area contributed by atoms with E-state index in [1.807, 2.05) is 0 Å². The molecule has 0 unspecified atom stereocenters. The van der Waals surface area contributed by atoms with Gasteiger partial charge in [-0.3, -0.25) is 4.79 Å². The summed E-state index contributed by atoms with van der Waals surface area (Å²) in [4.78, 5) is 15.4. The number of nitrogens with zero attached hydrogens (tertiary/aromatic N) is 1. The molecule has 1 aliphatic rings. The summed E-state index contributed by atoms with van der Waals surface area (Å²) in [6.45, 7) is 0. The first-order valence-corrected chi connectivity index (χ1v) is 7.34. The van der Waals surface area contributed by atoms with Crippen LogP contribution in [0.3, 0.4) is 0 Å². The molecule has 1 saturated carbocycles. The summed E-state index contributed by atoms with van der Waals surface area (Å²) >= 11 is 0.456. The summed E-state index contributed by atoms with van der Waals surface area (Å²) in [6.07, 6.45) is 3.63. The Morgan fingerprint density at radius 2 is 1.89 bits per heavy atom. The molecule has 19 heavy (non-hydrogen) atoms. The Morgan fingerprint density at radius 1 is 1.26 bits per heavy atom. The number of Topliss-reactive ketones (excluding diaryl/α,β-unsaturated/α-hetero) is 1. The second-order valence-corrected chi connectivity index (χ2v) is 6.04. The maximum Gasteiger partial charge on any atom is 0.443 e. The van der Waals surface area contributed by atoms with Crippen molar-refractivity contribution in [2.75, 3.05) is 0 Å². The van der Waals surface area contributed by atoms with E-state index in [0.717, 1.165) is 31.9 Å². The standard InChI is InChI=1S/C13H16F3NOS/c14-13(15,16)12-17-8-11(19-12)10(18)7-9-5-3-1-2-4-6-9/h8-9H,1-7H2. The van der Waals surface area contributed by atoms with Crippen LogP contribution in [-0.4, -0.2) is 10.8 Å². The number of hydrogen-bond donors (Lipinski definition) is 0. The van der Waals surface area contributed by atoms with Crippen LogP contribution in [0.4, 0.5) is 13.2 Å². The zero-order valence-corrected chi connectivity index (χ0v) is 11.3. The highest BCUT2D eigenvalue weighted by Gasteiger charge is 2.35. The fraction of sp³-hybridized carbons (Fsp3) is 0.692. The molecule has 1 aliphatic carbocycles. The first-order valence-electron chi connectivity index (χ1n) is 6.53. The van der Waals surface area contributed by atoms with Gasteiger partial charge in [0.05, 0.1) is 4.88 Å². The van der Waals surface area contributed by atoms with Crippen molar-refractivity contribution in [3.05, 3.63) is 16.1 Å². The average Bonchev–Trinajstić information content (AvgIpc) is 2.70. The Bertz CT molecular complexity index is 433. The number of hydrogen-bond acceptors (Lipinski definition) is 3. The Kier molecular flexibility index (Phi) is 4.60. The van der Waals surface area contributed by atoms with Crippen molar-refractivity contribution in [2.45, 2.75) is 51.1 Å².